The number of aryl methyl sites for hydroxylation is 1. The van der Waals surface area contributed by atoms with Gasteiger partial charge >= 0.3 is 0 Å². The molecule has 5 heteroatoms. The summed E-state index contributed by atoms with van der Waals surface area (Å²) in [6.45, 7) is 0.864. The molecule has 1 heterocycles. The van der Waals surface area contributed by atoms with Gasteiger partial charge in [-0.2, -0.15) is 5.10 Å². The standard InChI is InChI=1S/C11H12BrN3S/c12-9-3-1-2-4-10(9)16-8-7-15-6-5-11(13)14-15/h1-6H,7-8H2,(H2,13,14). The minimum absolute atomic E-state index is 0.575. The molecule has 1 aromatic heterocycles. The van der Waals surface area contributed by atoms with E-state index < -0.39 is 0 Å². The van der Waals surface area contributed by atoms with Crippen molar-refractivity contribution < 1.29 is 0 Å². The van der Waals surface area contributed by atoms with Crippen LogP contribution in [0.4, 0.5) is 5.82 Å². The molecule has 1 aromatic carbocycles. The Morgan fingerprint density at radius 2 is 2.12 bits per heavy atom. The van der Waals surface area contributed by atoms with E-state index in [1.165, 1.54) is 4.90 Å². The second kappa shape index (κ2) is 5.41. The van der Waals surface area contributed by atoms with E-state index in [-0.39, 0.29) is 0 Å². The third-order valence-electron chi connectivity index (χ3n) is 2.08. The van der Waals surface area contributed by atoms with Gasteiger partial charge in [-0.15, -0.1) is 11.8 Å². The number of rotatable bonds is 4. The van der Waals surface area contributed by atoms with E-state index in [2.05, 4.69) is 27.1 Å². The Morgan fingerprint density at radius 3 is 2.81 bits per heavy atom. The van der Waals surface area contributed by atoms with Gasteiger partial charge in [-0.25, -0.2) is 0 Å². The zero-order valence-electron chi connectivity index (χ0n) is 8.64. The zero-order chi connectivity index (χ0) is 11.4. The van der Waals surface area contributed by atoms with Crippen LogP contribution in [0.15, 0.2) is 45.9 Å². The van der Waals surface area contributed by atoms with Crippen LogP contribution in [0.1, 0.15) is 0 Å². The van der Waals surface area contributed by atoms with Crippen molar-refractivity contribution in [2.45, 2.75) is 11.4 Å². The van der Waals surface area contributed by atoms with Crippen molar-refractivity contribution in [1.82, 2.24) is 9.78 Å². The van der Waals surface area contributed by atoms with Crippen molar-refractivity contribution >= 4 is 33.5 Å². The van der Waals surface area contributed by atoms with Gasteiger partial charge in [-0.3, -0.25) is 4.68 Å². The lowest BCUT2D eigenvalue weighted by Gasteiger charge is -2.04. The maximum atomic E-state index is 5.54. The minimum atomic E-state index is 0.575. The van der Waals surface area contributed by atoms with Crippen LogP contribution in [-0.2, 0) is 6.54 Å². The van der Waals surface area contributed by atoms with Crippen molar-refractivity contribution in [2.75, 3.05) is 11.5 Å². The fraction of sp³-hybridized carbons (Fsp3) is 0.182. The highest BCUT2D eigenvalue weighted by atomic mass is 79.9. The molecule has 0 atom stereocenters. The van der Waals surface area contributed by atoms with Crippen molar-refractivity contribution in [3.63, 3.8) is 0 Å². The largest absolute Gasteiger partial charge is 0.382 e. The molecule has 2 rings (SSSR count). The lowest BCUT2D eigenvalue weighted by atomic mass is 10.4. The van der Waals surface area contributed by atoms with E-state index in [1.54, 1.807) is 11.8 Å². The highest BCUT2D eigenvalue weighted by molar-refractivity contribution is 9.10. The van der Waals surface area contributed by atoms with Crippen molar-refractivity contribution in [3.05, 3.63) is 41.0 Å². The van der Waals surface area contributed by atoms with E-state index in [0.29, 0.717) is 5.82 Å². The number of thioether (sulfide) groups is 1. The third kappa shape index (κ3) is 3.02. The van der Waals surface area contributed by atoms with Gasteiger partial charge in [0.05, 0.1) is 6.54 Å². The maximum Gasteiger partial charge on any atom is 0.145 e. The smallest absolute Gasteiger partial charge is 0.145 e. The second-order valence-corrected chi connectivity index (χ2v) is 5.27. The Kier molecular flexibility index (Phi) is 3.90. The number of nitrogens with two attached hydrogens (primary N) is 1. The van der Waals surface area contributed by atoms with Crippen molar-refractivity contribution in [1.29, 1.82) is 0 Å². The van der Waals surface area contributed by atoms with Gasteiger partial charge in [0, 0.05) is 21.3 Å². The van der Waals surface area contributed by atoms with E-state index in [0.717, 1.165) is 16.8 Å². The molecule has 2 N–H and O–H groups in total. The molecule has 2 aromatic rings. The highest BCUT2D eigenvalue weighted by Gasteiger charge is 1.99. The number of nitrogens with zero attached hydrogens (tertiary/aromatic N) is 2. The number of anilines is 1. The molecule has 0 radical (unpaired) electrons. The Hall–Kier alpha value is -0.940. The average molecular weight is 298 g/mol. The first kappa shape index (κ1) is 11.5. The van der Waals surface area contributed by atoms with Crippen LogP contribution in [0.5, 0.6) is 0 Å². The fourth-order valence-electron chi connectivity index (χ4n) is 1.31. The van der Waals surface area contributed by atoms with Gasteiger partial charge in [0.1, 0.15) is 5.82 Å². The van der Waals surface area contributed by atoms with Gasteiger partial charge in [-0.1, -0.05) is 12.1 Å². The van der Waals surface area contributed by atoms with Crippen LogP contribution in [-0.4, -0.2) is 15.5 Å². The molecule has 84 valence electrons. The number of hydrogen-bond acceptors (Lipinski definition) is 3. The lowest BCUT2D eigenvalue weighted by Crippen LogP contribution is -2.01. The SMILES string of the molecule is Nc1ccn(CCSc2ccccc2Br)n1. The van der Waals surface area contributed by atoms with Crippen molar-refractivity contribution in [2.24, 2.45) is 0 Å². The predicted molar refractivity (Wildman–Crippen MR) is 71.5 cm³/mol. The monoisotopic (exact) mass is 297 g/mol. The van der Waals surface area contributed by atoms with E-state index in [9.17, 15) is 0 Å². The summed E-state index contributed by atoms with van der Waals surface area (Å²) in [7, 11) is 0. The minimum Gasteiger partial charge on any atom is -0.382 e. The topological polar surface area (TPSA) is 43.8 Å². The van der Waals surface area contributed by atoms with Crippen LogP contribution in [0.2, 0.25) is 0 Å². The normalized spacial score (nSPS) is 10.6. The van der Waals surface area contributed by atoms with Crippen molar-refractivity contribution in [3.8, 4) is 0 Å². The van der Waals surface area contributed by atoms with Crippen LogP contribution in [0, 0.1) is 0 Å². The third-order valence-corrected chi connectivity index (χ3v) is 4.08. The molecule has 0 unspecified atom stereocenters. The molecule has 0 saturated heterocycles. The highest BCUT2D eigenvalue weighted by Crippen LogP contribution is 2.26. The van der Waals surface area contributed by atoms with Gasteiger partial charge in [-0.05, 0) is 34.1 Å². The first-order valence-corrected chi connectivity index (χ1v) is 6.70. The Morgan fingerprint density at radius 1 is 1.31 bits per heavy atom. The summed E-state index contributed by atoms with van der Waals surface area (Å²) in [6, 6.07) is 10.0. The van der Waals surface area contributed by atoms with Crippen LogP contribution < -0.4 is 5.73 Å². The molecule has 0 spiro atoms. The molecule has 0 bridgehead atoms. The predicted octanol–water partition coefficient (Wildman–Crippen LogP) is 3.02. The van der Waals surface area contributed by atoms with Gasteiger partial charge < -0.3 is 5.73 Å². The molecule has 0 fully saturated rings. The maximum absolute atomic E-state index is 5.54. The first-order valence-electron chi connectivity index (χ1n) is 4.92. The summed E-state index contributed by atoms with van der Waals surface area (Å²) < 4.78 is 3.00. The summed E-state index contributed by atoms with van der Waals surface area (Å²) in [5.41, 5.74) is 5.54. The number of hydrogen-bond donors (Lipinski definition) is 1. The van der Waals surface area contributed by atoms with Gasteiger partial charge in [0.25, 0.3) is 0 Å². The molecular weight excluding hydrogens is 286 g/mol. The number of nitrogen functional groups attached to an aromatic ring is 1. The molecule has 3 nitrogen and oxygen atoms in total. The Labute approximate surface area is 107 Å². The Balaban J connectivity index is 1.87. The summed E-state index contributed by atoms with van der Waals surface area (Å²) in [6.07, 6.45) is 1.90. The Bertz CT molecular complexity index is 470. The van der Waals surface area contributed by atoms with Crippen LogP contribution in [0.25, 0.3) is 0 Å². The molecule has 0 amide bonds. The number of halogens is 1. The van der Waals surface area contributed by atoms with E-state index >= 15 is 0 Å². The average Bonchev–Trinajstić information content (AvgIpc) is 2.67. The number of aromatic nitrogens is 2. The quantitative estimate of drug-likeness (QED) is 0.882. The first-order chi connectivity index (χ1) is 7.75. The molecule has 0 aliphatic heterocycles. The second-order valence-electron chi connectivity index (χ2n) is 3.28. The summed E-state index contributed by atoms with van der Waals surface area (Å²) in [5, 5.41) is 4.13. The van der Waals surface area contributed by atoms with E-state index in [1.807, 2.05) is 35.1 Å². The molecule has 0 saturated carbocycles. The molecule has 0 aliphatic carbocycles. The molecule has 0 aliphatic rings. The summed E-state index contributed by atoms with van der Waals surface area (Å²) in [4.78, 5) is 1.25. The summed E-state index contributed by atoms with van der Waals surface area (Å²) >= 11 is 5.33. The lowest BCUT2D eigenvalue weighted by molar-refractivity contribution is 0.669. The van der Waals surface area contributed by atoms with Crippen LogP contribution >= 0.6 is 27.7 Å². The molecule has 16 heavy (non-hydrogen) atoms. The number of benzene rings is 1. The zero-order valence-corrected chi connectivity index (χ0v) is 11.0. The van der Waals surface area contributed by atoms with Gasteiger partial charge in [0.2, 0.25) is 0 Å². The fourth-order valence-corrected chi connectivity index (χ4v) is 2.82. The van der Waals surface area contributed by atoms with Crippen LogP contribution in [0.3, 0.4) is 0 Å². The summed E-state index contributed by atoms with van der Waals surface area (Å²) in [5.74, 6) is 1.55. The van der Waals surface area contributed by atoms with E-state index in [4.69, 9.17) is 5.73 Å². The van der Waals surface area contributed by atoms with Gasteiger partial charge in [0.15, 0.2) is 0 Å². The molecular formula is C11H12BrN3S.